The summed E-state index contributed by atoms with van der Waals surface area (Å²) in [5.74, 6) is 1.19. The molecule has 0 N–H and O–H groups in total. The van der Waals surface area contributed by atoms with Gasteiger partial charge in [0, 0.05) is 32.1 Å². The van der Waals surface area contributed by atoms with Crippen LogP contribution in [0.1, 0.15) is 25.2 Å². The van der Waals surface area contributed by atoms with Crippen molar-refractivity contribution in [2.75, 3.05) is 13.1 Å². The van der Waals surface area contributed by atoms with E-state index in [1.165, 1.54) is 16.9 Å². The molecule has 0 fully saturated rings. The molecule has 2 heterocycles. The number of hydrogen-bond acceptors (Lipinski definition) is 3. The van der Waals surface area contributed by atoms with Crippen LogP contribution in [-0.4, -0.2) is 33.6 Å². The fraction of sp³-hybridized carbons (Fsp3) is 0.333. The molecule has 4 nitrogen and oxygen atoms in total. The summed E-state index contributed by atoms with van der Waals surface area (Å²) in [5, 5.41) is 8.97. The van der Waals surface area contributed by atoms with Crippen LogP contribution < -0.4 is 0 Å². The molecule has 0 radical (unpaired) electrons. The highest BCUT2D eigenvalue weighted by atomic mass is 15.2. The number of benzene rings is 2. The summed E-state index contributed by atoms with van der Waals surface area (Å²) in [6.07, 6.45) is 0.999. The molecule has 0 atom stereocenters. The number of nitrogens with zero attached hydrogens (tertiary/aromatic N) is 4. The highest BCUT2D eigenvalue weighted by molar-refractivity contribution is 5.83. The van der Waals surface area contributed by atoms with Crippen molar-refractivity contribution in [1.29, 1.82) is 5.26 Å². The smallest absolute Gasteiger partial charge is 0.111 e. The molecular formula is C21H22N4. The monoisotopic (exact) mass is 330 g/mol. The van der Waals surface area contributed by atoms with Crippen LogP contribution in [0.25, 0.3) is 22.2 Å². The maximum Gasteiger partial charge on any atom is 0.111 e. The summed E-state index contributed by atoms with van der Waals surface area (Å²) < 4.78 is 2.38. The molecule has 2 aromatic carbocycles. The Morgan fingerprint density at radius 1 is 1.00 bits per heavy atom. The first kappa shape index (κ1) is 15.9. The molecule has 0 unspecified atom stereocenters. The van der Waals surface area contributed by atoms with Crippen LogP contribution in [0.3, 0.4) is 0 Å². The second-order valence-electron chi connectivity index (χ2n) is 6.95. The number of aromatic nitrogens is 2. The topological polar surface area (TPSA) is 44.9 Å². The molecule has 0 saturated heterocycles. The minimum Gasteiger partial charge on any atom is -0.327 e. The molecule has 0 amide bonds. The van der Waals surface area contributed by atoms with Gasteiger partial charge in [-0.15, -0.1) is 0 Å². The molecular weight excluding hydrogens is 308 g/mol. The Labute approximate surface area is 148 Å². The largest absolute Gasteiger partial charge is 0.327 e. The van der Waals surface area contributed by atoms with E-state index in [0.29, 0.717) is 11.6 Å². The molecule has 3 aromatic rings. The van der Waals surface area contributed by atoms with E-state index in [0.717, 1.165) is 37.1 Å². The zero-order chi connectivity index (χ0) is 17.4. The minimum absolute atomic E-state index is 0.574. The van der Waals surface area contributed by atoms with Crippen LogP contribution in [0, 0.1) is 11.3 Å². The van der Waals surface area contributed by atoms with Crippen molar-refractivity contribution in [2.45, 2.75) is 32.9 Å². The zero-order valence-electron chi connectivity index (χ0n) is 14.7. The lowest BCUT2D eigenvalue weighted by Crippen LogP contribution is -2.33. The lowest BCUT2D eigenvalue weighted by molar-refractivity contribution is 0.227. The Bertz CT molecular complexity index is 944. The van der Waals surface area contributed by atoms with Gasteiger partial charge in [0.05, 0.1) is 22.7 Å². The second-order valence-corrected chi connectivity index (χ2v) is 6.95. The van der Waals surface area contributed by atoms with Crippen molar-refractivity contribution >= 4 is 11.0 Å². The Kier molecular flexibility index (Phi) is 4.03. The number of imidazole rings is 1. The van der Waals surface area contributed by atoms with Gasteiger partial charge in [-0.05, 0) is 49.2 Å². The SMILES string of the molecule is CC(C)N1CCc2nc3ccc(-c4ccc(C#N)cc4)cc3n2CC1. The molecule has 4 rings (SSSR count). The number of hydrogen-bond donors (Lipinski definition) is 0. The fourth-order valence-corrected chi connectivity index (χ4v) is 3.63. The molecule has 1 aliphatic heterocycles. The van der Waals surface area contributed by atoms with Gasteiger partial charge in [-0.1, -0.05) is 18.2 Å². The normalized spacial score (nSPS) is 15.1. The predicted molar refractivity (Wildman–Crippen MR) is 100 cm³/mol. The lowest BCUT2D eigenvalue weighted by atomic mass is 10.0. The predicted octanol–water partition coefficient (Wildman–Crippen LogP) is 3.84. The summed E-state index contributed by atoms with van der Waals surface area (Å²) >= 11 is 0. The maximum atomic E-state index is 8.97. The second kappa shape index (κ2) is 6.34. The third kappa shape index (κ3) is 2.92. The average molecular weight is 330 g/mol. The van der Waals surface area contributed by atoms with Gasteiger partial charge in [0.2, 0.25) is 0 Å². The van der Waals surface area contributed by atoms with Crippen molar-refractivity contribution in [2.24, 2.45) is 0 Å². The highest BCUT2D eigenvalue weighted by Crippen LogP contribution is 2.26. The van der Waals surface area contributed by atoms with Crippen LogP contribution in [0.5, 0.6) is 0 Å². The molecule has 1 aromatic heterocycles. The van der Waals surface area contributed by atoms with E-state index >= 15 is 0 Å². The van der Waals surface area contributed by atoms with Crippen molar-refractivity contribution < 1.29 is 0 Å². The van der Waals surface area contributed by atoms with Gasteiger partial charge in [0.15, 0.2) is 0 Å². The standard InChI is InChI=1S/C21H22N4/c1-15(2)24-10-9-21-23-19-8-7-18(13-20(19)25(21)12-11-24)17-5-3-16(14-22)4-6-17/h3-8,13,15H,9-12H2,1-2H3. The third-order valence-electron chi connectivity index (χ3n) is 5.14. The molecule has 0 saturated carbocycles. The van der Waals surface area contributed by atoms with Crippen molar-refractivity contribution in [3.8, 4) is 17.2 Å². The Morgan fingerprint density at radius 3 is 2.48 bits per heavy atom. The van der Waals surface area contributed by atoms with Gasteiger partial charge >= 0.3 is 0 Å². The molecule has 0 aliphatic carbocycles. The summed E-state index contributed by atoms with van der Waals surface area (Å²) in [5.41, 5.74) is 5.28. The van der Waals surface area contributed by atoms with E-state index in [1.807, 2.05) is 24.3 Å². The van der Waals surface area contributed by atoms with Gasteiger partial charge < -0.3 is 4.57 Å². The van der Waals surface area contributed by atoms with Crippen LogP contribution in [0.15, 0.2) is 42.5 Å². The third-order valence-corrected chi connectivity index (χ3v) is 5.14. The summed E-state index contributed by atoms with van der Waals surface area (Å²) in [6, 6.07) is 17.0. The molecule has 4 heteroatoms. The first-order valence-electron chi connectivity index (χ1n) is 8.89. The molecule has 0 bridgehead atoms. The fourth-order valence-electron chi connectivity index (χ4n) is 3.63. The summed E-state index contributed by atoms with van der Waals surface area (Å²) in [7, 11) is 0. The van der Waals surface area contributed by atoms with Gasteiger partial charge in [-0.2, -0.15) is 5.26 Å². The van der Waals surface area contributed by atoms with Crippen LogP contribution in [-0.2, 0) is 13.0 Å². The molecule has 126 valence electrons. The van der Waals surface area contributed by atoms with Gasteiger partial charge in [-0.3, -0.25) is 4.90 Å². The van der Waals surface area contributed by atoms with Gasteiger partial charge in [0.25, 0.3) is 0 Å². The number of nitriles is 1. The van der Waals surface area contributed by atoms with Gasteiger partial charge in [0.1, 0.15) is 5.82 Å². The van der Waals surface area contributed by atoms with Crippen molar-refractivity contribution in [3.05, 3.63) is 53.9 Å². The molecule has 1 aliphatic rings. The van der Waals surface area contributed by atoms with Gasteiger partial charge in [-0.25, -0.2) is 4.98 Å². The van der Waals surface area contributed by atoms with Crippen LogP contribution in [0.4, 0.5) is 0 Å². The summed E-state index contributed by atoms with van der Waals surface area (Å²) in [6.45, 7) is 7.64. The summed E-state index contributed by atoms with van der Waals surface area (Å²) in [4.78, 5) is 7.38. The molecule has 25 heavy (non-hydrogen) atoms. The first-order chi connectivity index (χ1) is 12.2. The first-order valence-corrected chi connectivity index (χ1v) is 8.89. The average Bonchev–Trinajstić information content (AvgIpc) is 2.84. The quantitative estimate of drug-likeness (QED) is 0.717. The Balaban J connectivity index is 1.72. The number of rotatable bonds is 2. The maximum absolute atomic E-state index is 8.97. The van der Waals surface area contributed by atoms with E-state index in [-0.39, 0.29) is 0 Å². The Morgan fingerprint density at radius 2 is 1.76 bits per heavy atom. The van der Waals surface area contributed by atoms with E-state index in [2.05, 4.69) is 47.6 Å². The van der Waals surface area contributed by atoms with E-state index in [1.54, 1.807) is 0 Å². The molecule has 0 spiro atoms. The van der Waals surface area contributed by atoms with Crippen LogP contribution >= 0.6 is 0 Å². The van der Waals surface area contributed by atoms with Crippen molar-refractivity contribution in [3.63, 3.8) is 0 Å². The highest BCUT2D eigenvalue weighted by Gasteiger charge is 2.19. The van der Waals surface area contributed by atoms with E-state index in [9.17, 15) is 0 Å². The number of fused-ring (bicyclic) bond motifs is 3. The zero-order valence-corrected chi connectivity index (χ0v) is 14.7. The van der Waals surface area contributed by atoms with E-state index < -0.39 is 0 Å². The van der Waals surface area contributed by atoms with Crippen molar-refractivity contribution in [1.82, 2.24) is 14.5 Å². The lowest BCUT2D eigenvalue weighted by Gasteiger charge is -2.23. The Hall–Kier alpha value is -2.64. The minimum atomic E-state index is 0.574. The van der Waals surface area contributed by atoms with Crippen LogP contribution in [0.2, 0.25) is 0 Å². The van der Waals surface area contributed by atoms with E-state index in [4.69, 9.17) is 10.2 Å².